The summed E-state index contributed by atoms with van der Waals surface area (Å²) in [6, 6.07) is 21.5. The van der Waals surface area contributed by atoms with E-state index in [9.17, 15) is 4.79 Å². The standard InChI is InChI=1S/C25H22N2O3S/c1-16(2)19-9-6-10-22-23(19)26-25(31-22)27(14-17-7-4-3-5-8-17)24(28)18-11-12-20-21(13-18)30-15-29-20/h3-13,16H,14-15H2,1-2H3. The highest BCUT2D eigenvalue weighted by molar-refractivity contribution is 7.22. The lowest BCUT2D eigenvalue weighted by atomic mass is 10.0. The van der Waals surface area contributed by atoms with Gasteiger partial charge in [0.1, 0.15) is 0 Å². The second-order valence-electron chi connectivity index (χ2n) is 7.79. The van der Waals surface area contributed by atoms with Crippen LogP contribution in [0.1, 0.15) is 41.3 Å². The third-order valence-corrected chi connectivity index (χ3v) is 6.38. The van der Waals surface area contributed by atoms with Crippen LogP contribution in [-0.2, 0) is 6.54 Å². The third kappa shape index (κ3) is 3.75. The molecule has 31 heavy (non-hydrogen) atoms. The van der Waals surface area contributed by atoms with Gasteiger partial charge in [-0.15, -0.1) is 0 Å². The molecule has 1 aliphatic heterocycles. The van der Waals surface area contributed by atoms with Gasteiger partial charge in [-0.2, -0.15) is 0 Å². The molecule has 0 spiro atoms. The van der Waals surface area contributed by atoms with Crippen molar-refractivity contribution in [1.82, 2.24) is 4.98 Å². The normalized spacial score (nSPS) is 12.5. The minimum atomic E-state index is -0.118. The lowest BCUT2D eigenvalue weighted by molar-refractivity contribution is 0.0984. The number of rotatable bonds is 5. The molecule has 0 saturated heterocycles. The Labute approximate surface area is 184 Å². The minimum Gasteiger partial charge on any atom is -0.454 e. The molecule has 1 amide bonds. The molecule has 0 N–H and O–H groups in total. The van der Waals surface area contributed by atoms with Crippen LogP contribution < -0.4 is 14.4 Å². The summed E-state index contributed by atoms with van der Waals surface area (Å²) < 4.78 is 12.0. The fourth-order valence-corrected chi connectivity index (χ4v) is 4.72. The quantitative estimate of drug-likeness (QED) is 0.390. The zero-order valence-corrected chi connectivity index (χ0v) is 18.2. The highest BCUT2D eigenvalue weighted by atomic mass is 32.1. The van der Waals surface area contributed by atoms with E-state index in [1.54, 1.807) is 34.4 Å². The first-order valence-corrected chi connectivity index (χ1v) is 11.1. The van der Waals surface area contributed by atoms with Gasteiger partial charge >= 0.3 is 0 Å². The third-order valence-electron chi connectivity index (χ3n) is 5.34. The SMILES string of the molecule is CC(C)c1cccc2sc(N(Cc3ccccc3)C(=O)c3ccc4c(c3)OCO4)nc12. The second-order valence-corrected chi connectivity index (χ2v) is 8.80. The molecule has 0 aliphatic carbocycles. The maximum absolute atomic E-state index is 13.6. The average molecular weight is 431 g/mol. The van der Waals surface area contributed by atoms with Gasteiger partial charge in [0, 0.05) is 5.56 Å². The number of nitrogens with zero attached hydrogens (tertiary/aromatic N) is 2. The van der Waals surface area contributed by atoms with Crippen LogP contribution in [0.15, 0.2) is 66.7 Å². The Balaban J connectivity index is 1.58. The fourth-order valence-electron chi connectivity index (χ4n) is 3.72. The van der Waals surface area contributed by atoms with Gasteiger partial charge in [-0.05, 0) is 41.3 Å². The Kier molecular flexibility index (Phi) is 5.08. The van der Waals surface area contributed by atoms with Gasteiger partial charge in [0.05, 0.1) is 16.8 Å². The number of hydrogen-bond acceptors (Lipinski definition) is 5. The van der Waals surface area contributed by atoms with Crippen molar-refractivity contribution in [2.24, 2.45) is 0 Å². The summed E-state index contributed by atoms with van der Waals surface area (Å²) in [5, 5.41) is 0.689. The minimum absolute atomic E-state index is 0.118. The molecule has 4 aromatic rings. The molecule has 1 aromatic heterocycles. The molecular formula is C25H22N2O3S. The molecule has 5 nitrogen and oxygen atoms in total. The number of ether oxygens (including phenoxy) is 2. The zero-order chi connectivity index (χ0) is 21.4. The van der Waals surface area contributed by atoms with Gasteiger partial charge in [-0.3, -0.25) is 9.69 Å². The number of fused-ring (bicyclic) bond motifs is 2. The van der Waals surface area contributed by atoms with E-state index in [4.69, 9.17) is 14.5 Å². The molecule has 0 unspecified atom stereocenters. The van der Waals surface area contributed by atoms with Crippen LogP contribution >= 0.6 is 11.3 Å². The summed E-state index contributed by atoms with van der Waals surface area (Å²) in [7, 11) is 0. The number of amides is 1. The lowest BCUT2D eigenvalue weighted by Gasteiger charge is -2.20. The maximum atomic E-state index is 13.6. The number of carbonyl (C=O) groups is 1. The Morgan fingerprint density at radius 3 is 2.65 bits per heavy atom. The Morgan fingerprint density at radius 2 is 1.84 bits per heavy atom. The van der Waals surface area contributed by atoms with Crippen LogP contribution in [0.4, 0.5) is 5.13 Å². The van der Waals surface area contributed by atoms with Gasteiger partial charge in [0.15, 0.2) is 16.6 Å². The number of thiazole rings is 1. The molecule has 0 radical (unpaired) electrons. The number of hydrogen-bond donors (Lipinski definition) is 0. The second kappa shape index (κ2) is 8.04. The van der Waals surface area contributed by atoms with Gasteiger partial charge in [-0.1, -0.05) is 67.6 Å². The first-order chi connectivity index (χ1) is 15.1. The molecular weight excluding hydrogens is 408 g/mol. The molecule has 3 aromatic carbocycles. The summed E-state index contributed by atoms with van der Waals surface area (Å²) >= 11 is 1.54. The molecule has 0 atom stereocenters. The lowest BCUT2D eigenvalue weighted by Crippen LogP contribution is -2.30. The summed E-state index contributed by atoms with van der Waals surface area (Å²) in [5.41, 5.74) is 3.74. The van der Waals surface area contributed by atoms with E-state index >= 15 is 0 Å². The van der Waals surface area contributed by atoms with Gasteiger partial charge in [0.2, 0.25) is 6.79 Å². The zero-order valence-electron chi connectivity index (χ0n) is 17.4. The molecule has 0 bridgehead atoms. The summed E-state index contributed by atoms with van der Waals surface area (Å²) in [4.78, 5) is 20.3. The van der Waals surface area contributed by atoms with Crippen molar-refractivity contribution in [2.45, 2.75) is 26.3 Å². The predicted octanol–water partition coefficient (Wildman–Crippen LogP) is 6.00. The maximum Gasteiger partial charge on any atom is 0.260 e. The summed E-state index contributed by atoms with van der Waals surface area (Å²) in [6.45, 7) is 4.93. The molecule has 6 heteroatoms. The molecule has 156 valence electrons. The van der Waals surface area contributed by atoms with E-state index in [-0.39, 0.29) is 12.7 Å². The number of anilines is 1. The average Bonchev–Trinajstić information content (AvgIpc) is 3.43. The smallest absolute Gasteiger partial charge is 0.260 e. The predicted molar refractivity (Wildman–Crippen MR) is 123 cm³/mol. The van der Waals surface area contributed by atoms with Crippen molar-refractivity contribution >= 4 is 32.6 Å². The summed E-state index contributed by atoms with van der Waals surface area (Å²) in [6.07, 6.45) is 0. The number of aromatic nitrogens is 1. The van der Waals surface area contributed by atoms with E-state index in [1.165, 1.54) is 5.56 Å². The van der Waals surface area contributed by atoms with Crippen LogP contribution in [-0.4, -0.2) is 17.7 Å². The van der Waals surface area contributed by atoms with Crippen LogP contribution in [0, 0.1) is 0 Å². The number of carbonyl (C=O) groups excluding carboxylic acids is 1. The van der Waals surface area contributed by atoms with E-state index in [2.05, 4.69) is 32.0 Å². The molecule has 0 saturated carbocycles. The molecule has 2 heterocycles. The highest BCUT2D eigenvalue weighted by Crippen LogP contribution is 2.36. The van der Waals surface area contributed by atoms with Crippen LogP contribution in [0.3, 0.4) is 0 Å². The Morgan fingerprint density at radius 1 is 1.03 bits per heavy atom. The van der Waals surface area contributed by atoms with Crippen molar-refractivity contribution in [2.75, 3.05) is 11.7 Å². The van der Waals surface area contributed by atoms with E-state index in [0.717, 1.165) is 15.8 Å². The Bertz CT molecular complexity index is 1250. The number of benzene rings is 3. The van der Waals surface area contributed by atoms with Crippen molar-refractivity contribution in [3.63, 3.8) is 0 Å². The first kappa shape index (κ1) is 19.6. The van der Waals surface area contributed by atoms with Gasteiger partial charge in [-0.25, -0.2) is 4.98 Å². The monoisotopic (exact) mass is 430 g/mol. The highest BCUT2D eigenvalue weighted by Gasteiger charge is 2.25. The van der Waals surface area contributed by atoms with Crippen molar-refractivity contribution in [1.29, 1.82) is 0 Å². The van der Waals surface area contributed by atoms with Crippen molar-refractivity contribution in [3.05, 3.63) is 83.4 Å². The van der Waals surface area contributed by atoms with Gasteiger partial charge in [0.25, 0.3) is 5.91 Å². The molecule has 1 aliphatic rings. The van der Waals surface area contributed by atoms with Crippen molar-refractivity contribution in [3.8, 4) is 11.5 Å². The van der Waals surface area contributed by atoms with Crippen LogP contribution in [0.5, 0.6) is 11.5 Å². The van der Waals surface area contributed by atoms with Crippen LogP contribution in [0.25, 0.3) is 10.2 Å². The fraction of sp³-hybridized carbons (Fsp3) is 0.200. The van der Waals surface area contributed by atoms with E-state index in [0.29, 0.717) is 34.7 Å². The largest absolute Gasteiger partial charge is 0.454 e. The van der Waals surface area contributed by atoms with E-state index in [1.807, 2.05) is 30.3 Å². The molecule has 0 fully saturated rings. The van der Waals surface area contributed by atoms with E-state index < -0.39 is 0 Å². The topological polar surface area (TPSA) is 51.7 Å². The van der Waals surface area contributed by atoms with Gasteiger partial charge < -0.3 is 9.47 Å². The van der Waals surface area contributed by atoms with Crippen LogP contribution in [0.2, 0.25) is 0 Å². The van der Waals surface area contributed by atoms with Crippen molar-refractivity contribution < 1.29 is 14.3 Å². The molecule has 5 rings (SSSR count). The summed E-state index contributed by atoms with van der Waals surface area (Å²) in [5.74, 6) is 1.49. The first-order valence-electron chi connectivity index (χ1n) is 10.2. The Hall–Kier alpha value is -3.38. The number of para-hydroxylation sites is 1.